The van der Waals surface area contributed by atoms with Crippen LogP contribution in [0.3, 0.4) is 0 Å². The Balaban J connectivity index is 2.17. The summed E-state index contributed by atoms with van der Waals surface area (Å²) in [5.41, 5.74) is 0.378. The number of rotatable bonds is 4. The molecule has 2 rings (SSSR count). The Labute approximate surface area is 114 Å². The second-order valence-corrected chi connectivity index (χ2v) is 4.13. The first-order valence-corrected chi connectivity index (χ1v) is 5.87. The molecule has 0 aliphatic carbocycles. The molecule has 2 aromatic carbocycles. The van der Waals surface area contributed by atoms with E-state index in [1.807, 2.05) is 30.3 Å². The van der Waals surface area contributed by atoms with Crippen molar-refractivity contribution in [2.75, 3.05) is 0 Å². The van der Waals surface area contributed by atoms with Gasteiger partial charge in [-0.3, -0.25) is 14.9 Å². The van der Waals surface area contributed by atoms with Crippen LogP contribution in [-0.2, 0) is 6.54 Å². The topological polar surface area (TPSA) is 92.5 Å². The Morgan fingerprint density at radius 3 is 2.55 bits per heavy atom. The normalized spacial score (nSPS) is 10.0. The summed E-state index contributed by atoms with van der Waals surface area (Å²) in [5.74, 6) is -0.795. The highest BCUT2D eigenvalue weighted by Crippen LogP contribution is 2.23. The van der Waals surface area contributed by atoms with Crippen molar-refractivity contribution < 1.29 is 14.8 Å². The zero-order valence-electron chi connectivity index (χ0n) is 10.4. The van der Waals surface area contributed by atoms with Crippen LogP contribution in [0.25, 0.3) is 0 Å². The number of nitrogens with zero attached hydrogens (tertiary/aromatic N) is 1. The lowest BCUT2D eigenvalue weighted by Crippen LogP contribution is -2.23. The van der Waals surface area contributed by atoms with Gasteiger partial charge in [-0.15, -0.1) is 0 Å². The number of hydrogen-bond donors (Lipinski definition) is 2. The maximum Gasteiger partial charge on any atom is 0.282 e. The molecule has 0 saturated heterocycles. The van der Waals surface area contributed by atoms with Crippen molar-refractivity contribution in [3.05, 3.63) is 69.8 Å². The number of amides is 1. The fraction of sp³-hybridized carbons (Fsp3) is 0.0714. The highest BCUT2D eigenvalue weighted by atomic mass is 16.6. The fourth-order valence-corrected chi connectivity index (χ4v) is 1.74. The number of nitro groups is 1. The van der Waals surface area contributed by atoms with Crippen LogP contribution >= 0.6 is 0 Å². The summed E-state index contributed by atoms with van der Waals surface area (Å²) in [6.45, 7) is 0.256. The standard InChI is InChI=1S/C14H12N2O4/c17-11-6-7-13(16(19)20)12(8-11)14(18)15-9-10-4-2-1-3-5-10/h1-8,17H,9H2,(H,15,18). The third-order valence-corrected chi connectivity index (χ3v) is 2.72. The van der Waals surface area contributed by atoms with E-state index in [2.05, 4.69) is 5.32 Å². The third-order valence-electron chi connectivity index (χ3n) is 2.72. The molecule has 0 spiro atoms. The molecule has 2 aromatic rings. The van der Waals surface area contributed by atoms with Gasteiger partial charge in [-0.05, 0) is 17.7 Å². The van der Waals surface area contributed by atoms with Crippen LogP contribution in [0.15, 0.2) is 48.5 Å². The molecule has 0 aromatic heterocycles. The Kier molecular flexibility index (Phi) is 3.95. The van der Waals surface area contributed by atoms with Gasteiger partial charge in [0.05, 0.1) is 4.92 Å². The van der Waals surface area contributed by atoms with Crippen molar-refractivity contribution in [1.29, 1.82) is 0 Å². The van der Waals surface area contributed by atoms with Gasteiger partial charge >= 0.3 is 0 Å². The molecule has 102 valence electrons. The molecule has 0 heterocycles. The fourth-order valence-electron chi connectivity index (χ4n) is 1.74. The summed E-state index contributed by atoms with van der Waals surface area (Å²) in [4.78, 5) is 22.2. The summed E-state index contributed by atoms with van der Waals surface area (Å²) in [6, 6.07) is 12.5. The Bertz CT molecular complexity index is 641. The molecular weight excluding hydrogens is 260 g/mol. The van der Waals surface area contributed by atoms with Crippen molar-refractivity contribution in [1.82, 2.24) is 5.32 Å². The smallest absolute Gasteiger partial charge is 0.282 e. The van der Waals surface area contributed by atoms with Gasteiger partial charge in [0.2, 0.25) is 0 Å². The lowest BCUT2D eigenvalue weighted by Gasteiger charge is -2.06. The van der Waals surface area contributed by atoms with E-state index in [1.165, 1.54) is 6.07 Å². The van der Waals surface area contributed by atoms with Gasteiger partial charge in [0, 0.05) is 12.6 Å². The average Bonchev–Trinajstić information content (AvgIpc) is 2.45. The first-order chi connectivity index (χ1) is 9.58. The second kappa shape index (κ2) is 5.83. The van der Waals surface area contributed by atoms with Gasteiger partial charge in [-0.1, -0.05) is 30.3 Å². The van der Waals surface area contributed by atoms with Crippen LogP contribution in [0.5, 0.6) is 5.75 Å². The average molecular weight is 272 g/mol. The van der Waals surface area contributed by atoms with Crippen LogP contribution in [0.4, 0.5) is 5.69 Å². The molecule has 0 bridgehead atoms. The van der Waals surface area contributed by atoms with Gasteiger partial charge in [-0.25, -0.2) is 0 Å². The summed E-state index contributed by atoms with van der Waals surface area (Å²) in [5, 5.41) is 22.8. The molecule has 6 heteroatoms. The van der Waals surface area contributed by atoms with E-state index < -0.39 is 10.8 Å². The minimum atomic E-state index is -0.656. The number of carbonyl (C=O) groups excluding carboxylic acids is 1. The quantitative estimate of drug-likeness (QED) is 0.659. The summed E-state index contributed by atoms with van der Waals surface area (Å²) in [7, 11) is 0. The van der Waals surface area contributed by atoms with Crippen LogP contribution in [0.1, 0.15) is 15.9 Å². The minimum absolute atomic E-state index is 0.161. The first kappa shape index (κ1) is 13.5. The second-order valence-electron chi connectivity index (χ2n) is 4.13. The first-order valence-electron chi connectivity index (χ1n) is 5.87. The highest BCUT2D eigenvalue weighted by Gasteiger charge is 2.20. The summed E-state index contributed by atoms with van der Waals surface area (Å²) < 4.78 is 0. The molecule has 20 heavy (non-hydrogen) atoms. The molecule has 0 aliphatic rings. The van der Waals surface area contributed by atoms with Crippen LogP contribution < -0.4 is 5.32 Å². The van der Waals surface area contributed by atoms with E-state index in [0.717, 1.165) is 17.7 Å². The Morgan fingerprint density at radius 1 is 1.20 bits per heavy atom. The zero-order valence-corrected chi connectivity index (χ0v) is 10.4. The van der Waals surface area contributed by atoms with Gasteiger partial charge in [0.1, 0.15) is 11.3 Å². The van der Waals surface area contributed by atoms with Gasteiger partial charge in [0.25, 0.3) is 11.6 Å². The van der Waals surface area contributed by atoms with E-state index in [4.69, 9.17) is 0 Å². The molecule has 0 atom stereocenters. The Hall–Kier alpha value is -2.89. The number of phenols is 1. The van der Waals surface area contributed by atoms with E-state index >= 15 is 0 Å². The molecule has 0 saturated carbocycles. The van der Waals surface area contributed by atoms with Crippen molar-refractivity contribution in [3.63, 3.8) is 0 Å². The largest absolute Gasteiger partial charge is 0.508 e. The third kappa shape index (κ3) is 3.11. The van der Waals surface area contributed by atoms with Crippen molar-refractivity contribution in [2.24, 2.45) is 0 Å². The summed E-state index contributed by atoms with van der Waals surface area (Å²) in [6.07, 6.45) is 0. The van der Waals surface area contributed by atoms with Gasteiger partial charge < -0.3 is 10.4 Å². The number of aromatic hydroxyl groups is 1. The molecule has 2 N–H and O–H groups in total. The molecule has 6 nitrogen and oxygen atoms in total. The number of carbonyl (C=O) groups is 1. The van der Waals surface area contributed by atoms with E-state index in [-0.39, 0.29) is 23.5 Å². The van der Waals surface area contributed by atoms with E-state index in [1.54, 1.807) is 0 Å². The molecule has 0 aliphatic heterocycles. The van der Waals surface area contributed by atoms with Crippen molar-refractivity contribution >= 4 is 11.6 Å². The maximum absolute atomic E-state index is 12.0. The molecule has 0 radical (unpaired) electrons. The van der Waals surface area contributed by atoms with E-state index in [0.29, 0.717) is 0 Å². The lowest BCUT2D eigenvalue weighted by atomic mass is 10.1. The van der Waals surface area contributed by atoms with Gasteiger partial charge in [-0.2, -0.15) is 0 Å². The zero-order chi connectivity index (χ0) is 14.5. The predicted molar refractivity (Wildman–Crippen MR) is 72.4 cm³/mol. The number of benzene rings is 2. The van der Waals surface area contributed by atoms with E-state index in [9.17, 15) is 20.0 Å². The van der Waals surface area contributed by atoms with Gasteiger partial charge in [0.15, 0.2) is 0 Å². The van der Waals surface area contributed by atoms with Crippen molar-refractivity contribution in [2.45, 2.75) is 6.54 Å². The number of nitrogens with one attached hydrogen (secondary N) is 1. The molecule has 0 fully saturated rings. The molecule has 0 unspecified atom stereocenters. The van der Waals surface area contributed by atoms with Crippen LogP contribution in [0, 0.1) is 10.1 Å². The summed E-state index contributed by atoms with van der Waals surface area (Å²) >= 11 is 0. The molecule has 1 amide bonds. The van der Waals surface area contributed by atoms with Crippen molar-refractivity contribution in [3.8, 4) is 5.75 Å². The number of hydrogen-bond acceptors (Lipinski definition) is 4. The lowest BCUT2D eigenvalue weighted by molar-refractivity contribution is -0.385. The van der Waals surface area contributed by atoms with Crippen LogP contribution in [-0.4, -0.2) is 15.9 Å². The Morgan fingerprint density at radius 2 is 1.90 bits per heavy atom. The highest BCUT2D eigenvalue weighted by molar-refractivity contribution is 5.98. The SMILES string of the molecule is O=C(NCc1ccccc1)c1cc(O)ccc1[N+](=O)[O-]. The maximum atomic E-state index is 12.0. The molecular formula is C14H12N2O4. The van der Waals surface area contributed by atoms with Crippen LogP contribution in [0.2, 0.25) is 0 Å². The number of nitro benzene ring substituents is 1. The minimum Gasteiger partial charge on any atom is -0.508 e. The number of phenolic OH excluding ortho intramolecular Hbond substituents is 1. The monoisotopic (exact) mass is 272 g/mol. The predicted octanol–water partition coefficient (Wildman–Crippen LogP) is 2.23.